The minimum atomic E-state index is -0.707. The number of imide groups is 1. The predicted octanol–water partition coefficient (Wildman–Crippen LogP) is 3.04. The van der Waals surface area contributed by atoms with Gasteiger partial charge in [-0.2, -0.15) is 0 Å². The lowest BCUT2D eigenvalue weighted by Gasteiger charge is -2.15. The van der Waals surface area contributed by atoms with Gasteiger partial charge in [0.2, 0.25) is 0 Å². The number of rotatable bonds is 5. The average molecular weight is 374 g/mol. The molecule has 2 amide bonds. The molecule has 0 saturated heterocycles. The fourth-order valence-electron chi connectivity index (χ4n) is 2.39. The molecule has 0 aromatic heterocycles. The maximum absolute atomic E-state index is 12.6. The molecule has 1 aliphatic heterocycles. The highest BCUT2D eigenvalue weighted by atomic mass is 35.5. The lowest BCUT2D eigenvalue weighted by Crippen LogP contribution is -2.32. The number of non-ortho nitro benzene ring substituents is 1. The van der Waals surface area contributed by atoms with E-state index in [1.54, 1.807) is 24.3 Å². The minimum absolute atomic E-state index is 0.0693. The van der Waals surface area contributed by atoms with Crippen LogP contribution >= 0.6 is 11.6 Å². The lowest BCUT2D eigenvalue weighted by molar-refractivity contribution is -0.384. The molecule has 0 unspecified atom stereocenters. The van der Waals surface area contributed by atoms with Gasteiger partial charge in [0.1, 0.15) is 16.5 Å². The number of nitro groups is 1. The third kappa shape index (κ3) is 3.09. The largest absolute Gasteiger partial charge is 0.497 e. The molecule has 0 aliphatic carbocycles. The van der Waals surface area contributed by atoms with Gasteiger partial charge in [-0.15, -0.1) is 0 Å². The van der Waals surface area contributed by atoms with E-state index in [0.717, 1.165) is 4.90 Å². The predicted molar refractivity (Wildman–Crippen MR) is 95.1 cm³/mol. The number of benzene rings is 2. The molecule has 2 aromatic rings. The van der Waals surface area contributed by atoms with Crippen molar-refractivity contribution in [1.29, 1.82) is 0 Å². The van der Waals surface area contributed by atoms with E-state index in [2.05, 4.69) is 5.32 Å². The highest BCUT2D eigenvalue weighted by Crippen LogP contribution is 2.31. The molecule has 0 atom stereocenters. The number of nitrogens with one attached hydrogen (secondary N) is 1. The van der Waals surface area contributed by atoms with E-state index in [4.69, 9.17) is 16.3 Å². The molecule has 0 fully saturated rings. The molecule has 8 nitrogen and oxygen atoms in total. The molecule has 0 bridgehead atoms. The van der Waals surface area contributed by atoms with Crippen molar-refractivity contribution in [3.8, 4) is 5.75 Å². The third-order valence-electron chi connectivity index (χ3n) is 3.71. The SMILES string of the molecule is COc1ccc(NC2=C(Cl)C(=O)N(c3ccc([N+](=O)[O-])cc3)C2=O)cc1. The molecule has 26 heavy (non-hydrogen) atoms. The van der Waals surface area contributed by atoms with Gasteiger partial charge in [0.05, 0.1) is 17.7 Å². The Kier molecular flexibility index (Phi) is 4.59. The van der Waals surface area contributed by atoms with Crippen molar-refractivity contribution in [1.82, 2.24) is 0 Å². The number of ether oxygens (including phenoxy) is 1. The first-order valence-corrected chi connectivity index (χ1v) is 7.74. The average Bonchev–Trinajstić information content (AvgIpc) is 2.86. The van der Waals surface area contributed by atoms with Gasteiger partial charge in [0.15, 0.2) is 0 Å². The second-order valence-corrected chi connectivity index (χ2v) is 5.64. The number of hydrogen-bond acceptors (Lipinski definition) is 6. The number of carbonyl (C=O) groups is 2. The number of anilines is 2. The highest BCUT2D eigenvalue weighted by Gasteiger charge is 2.39. The van der Waals surface area contributed by atoms with Crippen LogP contribution in [0, 0.1) is 10.1 Å². The van der Waals surface area contributed by atoms with Crippen molar-refractivity contribution in [3.63, 3.8) is 0 Å². The zero-order chi connectivity index (χ0) is 18.8. The Morgan fingerprint density at radius 3 is 2.19 bits per heavy atom. The molecule has 0 spiro atoms. The van der Waals surface area contributed by atoms with Crippen LogP contribution in [-0.2, 0) is 9.59 Å². The van der Waals surface area contributed by atoms with Gasteiger partial charge in [0.25, 0.3) is 17.5 Å². The summed E-state index contributed by atoms with van der Waals surface area (Å²) in [7, 11) is 1.53. The number of nitrogens with zero attached hydrogens (tertiary/aromatic N) is 2. The van der Waals surface area contributed by atoms with E-state index in [-0.39, 0.29) is 22.1 Å². The summed E-state index contributed by atoms with van der Waals surface area (Å²) in [5.41, 5.74) is 0.518. The van der Waals surface area contributed by atoms with E-state index in [9.17, 15) is 19.7 Å². The van der Waals surface area contributed by atoms with Gasteiger partial charge in [-0.3, -0.25) is 19.7 Å². The Morgan fingerprint density at radius 2 is 1.65 bits per heavy atom. The van der Waals surface area contributed by atoms with E-state index in [1.807, 2.05) is 0 Å². The van der Waals surface area contributed by atoms with E-state index in [1.165, 1.54) is 31.4 Å². The Hall–Kier alpha value is -3.39. The Bertz CT molecular complexity index is 922. The van der Waals surface area contributed by atoms with Crippen LogP contribution in [0.3, 0.4) is 0 Å². The van der Waals surface area contributed by atoms with Crippen molar-refractivity contribution >= 4 is 40.5 Å². The molecular formula is C17H12ClN3O5. The van der Waals surface area contributed by atoms with Crippen molar-refractivity contribution in [2.24, 2.45) is 0 Å². The van der Waals surface area contributed by atoms with Crippen LogP contribution in [0.25, 0.3) is 0 Å². The standard InChI is InChI=1S/C17H12ClN3O5/c1-26-13-8-2-10(3-9-13)19-15-14(18)16(22)20(17(15)23)11-4-6-12(7-5-11)21(24)25/h2-9,19H,1H3. The smallest absolute Gasteiger partial charge is 0.283 e. The summed E-state index contributed by atoms with van der Waals surface area (Å²) in [6.45, 7) is 0. The molecule has 0 radical (unpaired) electrons. The molecule has 1 N–H and O–H groups in total. The molecular weight excluding hydrogens is 362 g/mol. The summed E-state index contributed by atoms with van der Waals surface area (Å²) in [5.74, 6) is -0.719. The van der Waals surface area contributed by atoms with Crippen molar-refractivity contribution in [2.75, 3.05) is 17.3 Å². The molecule has 2 aromatic carbocycles. The summed E-state index contributed by atoms with van der Waals surface area (Å²) in [5, 5.41) is 13.3. The minimum Gasteiger partial charge on any atom is -0.497 e. The van der Waals surface area contributed by atoms with Crippen LogP contribution in [0.1, 0.15) is 0 Å². The maximum Gasteiger partial charge on any atom is 0.283 e. The fourth-order valence-corrected chi connectivity index (χ4v) is 2.60. The fraction of sp³-hybridized carbons (Fsp3) is 0.0588. The van der Waals surface area contributed by atoms with E-state index < -0.39 is 16.7 Å². The topological polar surface area (TPSA) is 102 Å². The van der Waals surface area contributed by atoms with Gasteiger partial charge in [-0.1, -0.05) is 11.6 Å². The first-order chi connectivity index (χ1) is 12.4. The molecule has 1 aliphatic rings. The number of methoxy groups -OCH3 is 1. The summed E-state index contributed by atoms with van der Waals surface area (Å²) in [6, 6.07) is 11.8. The number of nitro benzene ring substituents is 1. The third-order valence-corrected chi connectivity index (χ3v) is 4.06. The van der Waals surface area contributed by atoms with Gasteiger partial charge >= 0.3 is 0 Å². The van der Waals surface area contributed by atoms with Gasteiger partial charge in [-0.25, -0.2) is 4.90 Å². The first kappa shape index (κ1) is 17.4. The Morgan fingerprint density at radius 1 is 1.04 bits per heavy atom. The van der Waals surface area contributed by atoms with Crippen LogP contribution in [0.4, 0.5) is 17.1 Å². The van der Waals surface area contributed by atoms with Crippen LogP contribution in [-0.4, -0.2) is 23.8 Å². The Balaban J connectivity index is 1.85. The van der Waals surface area contributed by atoms with Crippen molar-refractivity contribution in [3.05, 3.63) is 69.4 Å². The van der Waals surface area contributed by atoms with E-state index in [0.29, 0.717) is 11.4 Å². The molecule has 1 heterocycles. The van der Waals surface area contributed by atoms with Crippen LogP contribution in [0.15, 0.2) is 59.3 Å². The van der Waals surface area contributed by atoms with E-state index >= 15 is 0 Å². The molecule has 9 heteroatoms. The quantitative estimate of drug-likeness (QED) is 0.491. The highest BCUT2D eigenvalue weighted by molar-refractivity contribution is 6.53. The zero-order valence-corrected chi connectivity index (χ0v) is 14.2. The second kappa shape index (κ2) is 6.85. The molecule has 132 valence electrons. The van der Waals surface area contributed by atoms with Crippen LogP contribution in [0.5, 0.6) is 5.75 Å². The zero-order valence-electron chi connectivity index (χ0n) is 13.4. The van der Waals surface area contributed by atoms with Crippen LogP contribution < -0.4 is 15.0 Å². The molecule has 0 saturated carbocycles. The lowest BCUT2D eigenvalue weighted by atomic mass is 10.2. The van der Waals surface area contributed by atoms with Gasteiger partial charge < -0.3 is 10.1 Å². The number of amides is 2. The van der Waals surface area contributed by atoms with Crippen LogP contribution in [0.2, 0.25) is 0 Å². The summed E-state index contributed by atoms with van der Waals surface area (Å²) >= 11 is 6.03. The van der Waals surface area contributed by atoms with Crippen molar-refractivity contribution in [2.45, 2.75) is 0 Å². The normalized spacial score (nSPS) is 14.0. The number of carbonyl (C=O) groups excluding carboxylic acids is 2. The van der Waals surface area contributed by atoms with Gasteiger partial charge in [-0.05, 0) is 36.4 Å². The summed E-state index contributed by atoms with van der Waals surface area (Å²) in [6.07, 6.45) is 0. The maximum atomic E-state index is 12.6. The summed E-state index contributed by atoms with van der Waals surface area (Å²) < 4.78 is 5.06. The first-order valence-electron chi connectivity index (χ1n) is 7.36. The Labute approximate surface area is 152 Å². The van der Waals surface area contributed by atoms with Crippen molar-refractivity contribution < 1.29 is 19.2 Å². The molecule has 3 rings (SSSR count). The monoisotopic (exact) mass is 373 g/mol. The number of halogens is 1. The second-order valence-electron chi connectivity index (χ2n) is 5.26. The number of hydrogen-bond donors (Lipinski definition) is 1. The van der Waals surface area contributed by atoms with Gasteiger partial charge in [0, 0.05) is 17.8 Å². The summed E-state index contributed by atoms with van der Waals surface area (Å²) in [4.78, 5) is 36.0.